The van der Waals surface area contributed by atoms with Crippen molar-refractivity contribution in [2.24, 2.45) is 0 Å². The molecule has 5 nitrogen and oxygen atoms in total. The molecule has 0 aliphatic carbocycles. The molecular formula is C23H19N3O2S2. The van der Waals surface area contributed by atoms with E-state index >= 15 is 0 Å². The lowest BCUT2D eigenvalue weighted by molar-refractivity contribution is 0.585. The number of pyridine rings is 1. The molecule has 0 radical (unpaired) electrons. The highest BCUT2D eigenvalue weighted by Gasteiger charge is 2.21. The molecule has 0 unspecified atom stereocenters. The monoisotopic (exact) mass is 433 g/mol. The number of hydrogen-bond donors (Lipinski definition) is 0. The highest BCUT2D eigenvalue weighted by Crippen LogP contribution is 2.36. The molecule has 0 bridgehead atoms. The number of nitrogens with zero attached hydrogens (tertiary/aromatic N) is 3. The van der Waals surface area contributed by atoms with Gasteiger partial charge < -0.3 is 0 Å². The number of aromatic nitrogens is 3. The summed E-state index contributed by atoms with van der Waals surface area (Å²) in [6.45, 7) is 3.59. The number of hydrogen-bond acceptors (Lipinski definition) is 4. The molecule has 0 atom stereocenters. The normalized spacial score (nSPS) is 11.9. The Hall–Kier alpha value is -3.16. The van der Waals surface area contributed by atoms with Crippen molar-refractivity contribution in [3.8, 4) is 22.4 Å². The fourth-order valence-electron chi connectivity index (χ4n) is 3.82. The number of fused-ring (bicyclic) bond motifs is 1. The van der Waals surface area contributed by atoms with Gasteiger partial charge in [0.25, 0.3) is 10.0 Å². The molecule has 30 heavy (non-hydrogen) atoms. The second kappa shape index (κ2) is 6.97. The first-order valence-corrected chi connectivity index (χ1v) is 11.9. The van der Waals surface area contributed by atoms with Crippen LogP contribution in [0.5, 0.6) is 0 Å². The second-order valence-corrected chi connectivity index (χ2v) is 9.74. The van der Waals surface area contributed by atoms with Crippen molar-refractivity contribution in [3.05, 3.63) is 89.0 Å². The predicted octanol–water partition coefficient (Wildman–Crippen LogP) is 5.39. The quantitative estimate of drug-likeness (QED) is 0.382. The van der Waals surface area contributed by atoms with E-state index in [2.05, 4.69) is 5.38 Å². The van der Waals surface area contributed by atoms with E-state index in [1.807, 2.05) is 64.6 Å². The van der Waals surface area contributed by atoms with Gasteiger partial charge in [-0.3, -0.25) is 0 Å². The predicted molar refractivity (Wildman–Crippen MR) is 120 cm³/mol. The van der Waals surface area contributed by atoms with Crippen LogP contribution >= 0.6 is 11.3 Å². The smallest absolute Gasteiger partial charge is 0.243 e. The van der Waals surface area contributed by atoms with Crippen LogP contribution in [0.1, 0.15) is 11.4 Å². The van der Waals surface area contributed by atoms with Crippen LogP contribution < -0.4 is 0 Å². The molecular weight excluding hydrogens is 414 g/mol. The van der Waals surface area contributed by atoms with E-state index in [0.717, 1.165) is 27.9 Å². The van der Waals surface area contributed by atoms with Gasteiger partial charge in [0.2, 0.25) is 0 Å². The summed E-state index contributed by atoms with van der Waals surface area (Å²) < 4.78 is 29.5. The number of thiophene rings is 1. The molecule has 0 amide bonds. The molecule has 0 fully saturated rings. The molecule has 0 saturated carbocycles. The van der Waals surface area contributed by atoms with Gasteiger partial charge in [0.05, 0.1) is 10.4 Å². The minimum Gasteiger partial charge on any atom is -0.243 e. The third-order valence-electron chi connectivity index (χ3n) is 5.22. The lowest BCUT2D eigenvalue weighted by Gasteiger charge is -2.11. The van der Waals surface area contributed by atoms with E-state index < -0.39 is 10.0 Å². The van der Waals surface area contributed by atoms with E-state index in [9.17, 15) is 8.42 Å². The topological polar surface area (TPSA) is 56.4 Å². The SMILES string of the molecule is Cc1ccc(C)n1S(=O)(=O)c1ccc(-c2c(-c3ccsc3)nn3ccccc23)cc1. The average molecular weight is 434 g/mol. The Morgan fingerprint density at radius 1 is 0.867 bits per heavy atom. The molecule has 5 rings (SSSR count). The summed E-state index contributed by atoms with van der Waals surface area (Å²) >= 11 is 1.62. The molecule has 4 aromatic heterocycles. The molecule has 0 saturated heterocycles. The van der Waals surface area contributed by atoms with E-state index in [-0.39, 0.29) is 4.90 Å². The molecule has 0 spiro atoms. The zero-order valence-corrected chi connectivity index (χ0v) is 18.1. The van der Waals surface area contributed by atoms with E-state index in [0.29, 0.717) is 11.4 Å². The van der Waals surface area contributed by atoms with E-state index in [4.69, 9.17) is 5.10 Å². The lowest BCUT2D eigenvalue weighted by Crippen LogP contribution is -2.15. The summed E-state index contributed by atoms with van der Waals surface area (Å²) in [7, 11) is -3.64. The average Bonchev–Trinajstić information content (AvgIpc) is 3.46. The van der Waals surface area contributed by atoms with Gasteiger partial charge in [-0.05, 0) is 67.3 Å². The zero-order chi connectivity index (χ0) is 20.9. The fourth-order valence-corrected chi connectivity index (χ4v) is 6.03. The van der Waals surface area contributed by atoms with Crippen molar-refractivity contribution < 1.29 is 8.42 Å². The summed E-state index contributed by atoms with van der Waals surface area (Å²) in [6, 6.07) is 18.7. The standard InChI is InChI=1S/C23H19N3O2S2/c1-16-6-7-17(2)26(16)30(27,28)20-10-8-18(9-11-20)22-21-5-3-4-13-25(21)24-23(22)19-12-14-29-15-19/h3-15H,1-2H3. The maximum absolute atomic E-state index is 13.1. The molecule has 150 valence electrons. The minimum atomic E-state index is -3.64. The van der Waals surface area contributed by atoms with Gasteiger partial charge in [-0.15, -0.1) is 0 Å². The third-order valence-corrected chi connectivity index (χ3v) is 7.83. The summed E-state index contributed by atoms with van der Waals surface area (Å²) in [4.78, 5) is 0.266. The van der Waals surface area contributed by atoms with Crippen LogP contribution in [0.2, 0.25) is 0 Å². The van der Waals surface area contributed by atoms with Crippen LogP contribution in [0.3, 0.4) is 0 Å². The van der Waals surface area contributed by atoms with Crippen LogP contribution in [0.15, 0.2) is 82.5 Å². The van der Waals surface area contributed by atoms with Gasteiger partial charge in [0, 0.05) is 34.1 Å². The Kier molecular flexibility index (Phi) is 4.38. The van der Waals surface area contributed by atoms with Crippen molar-refractivity contribution in [3.63, 3.8) is 0 Å². The number of benzene rings is 1. The Labute approximate surface area is 178 Å². The maximum Gasteiger partial charge on any atom is 0.268 e. The van der Waals surface area contributed by atoms with Crippen LogP contribution in [-0.4, -0.2) is 22.0 Å². The summed E-state index contributed by atoms with van der Waals surface area (Å²) in [6.07, 6.45) is 1.92. The van der Waals surface area contributed by atoms with Crippen molar-refractivity contribution in [1.29, 1.82) is 0 Å². The Morgan fingerprint density at radius 2 is 1.60 bits per heavy atom. The molecule has 5 aromatic rings. The molecule has 1 aromatic carbocycles. The minimum absolute atomic E-state index is 0.266. The second-order valence-electron chi connectivity index (χ2n) is 7.18. The Bertz CT molecular complexity index is 1440. The first kappa shape index (κ1) is 18.8. The van der Waals surface area contributed by atoms with E-state index in [1.54, 1.807) is 37.3 Å². The molecule has 4 heterocycles. The van der Waals surface area contributed by atoms with Crippen LogP contribution in [-0.2, 0) is 10.0 Å². The van der Waals surface area contributed by atoms with Gasteiger partial charge in [0.15, 0.2) is 0 Å². The first-order valence-electron chi connectivity index (χ1n) is 9.48. The summed E-state index contributed by atoms with van der Waals surface area (Å²) in [5, 5.41) is 8.87. The fraction of sp³-hybridized carbons (Fsp3) is 0.0870. The van der Waals surface area contributed by atoms with Crippen LogP contribution in [0.25, 0.3) is 27.9 Å². The van der Waals surface area contributed by atoms with Gasteiger partial charge in [0.1, 0.15) is 5.69 Å². The largest absolute Gasteiger partial charge is 0.268 e. The number of aryl methyl sites for hydroxylation is 2. The first-order chi connectivity index (χ1) is 14.5. The molecule has 7 heteroatoms. The van der Waals surface area contributed by atoms with Gasteiger partial charge >= 0.3 is 0 Å². The van der Waals surface area contributed by atoms with Gasteiger partial charge in [-0.2, -0.15) is 16.4 Å². The third kappa shape index (κ3) is 2.89. The maximum atomic E-state index is 13.1. The molecule has 0 aliphatic heterocycles. The molecule has 0 N–H and O–H groups in total. The zero-order valence-electron chi connectivity index (χ0n) is 16.5. The van der Waals surface area contributed by atoms with Crippen LogP contribution in [0, 0.1) is 13.8 Å². The van der Waals surface area contributed by atoms with Crippen molar-refractivity contribution in [1.82, 2.24) is 13.6 Å². The van der Waals surface area contributed by atoms with Gasteiger partial charge in [-0.1, -0.05) is 18.2 Å². The highest BCUT2D eigenvalue weighted by molar-refractivity contribution is 7.90. The van der Waals surface area contributed by atoms with E-state index in [1.165, 1.54) is 3.97 Å². The van der Waals surface area contributed by atoms with Crippen LogP contribution in [0.4, 0.5) is 0 Å². The number of rotatable bonds is 4. The summed E-state index contributed by atoms with van der Waals surface area (Å²) in [5.41, 5.74) is 6.22. The van der Waals surface area contributed by atoms with Crippen molar-refractivity contribution in [2.75, 3.05) is 0 Å². The summed E-state index contributed by atoms with van der Waals surface area (Å²) in [5.74, 6) is 0. The Balaban J connectivity index is 1.66. The highest BCUT2D eigenvalue weighted by atomic mass is 32.2. The van der Waals surface area contributed by atoms with Crippen molar-refractivity contribution >= 4 is 26.9 Å². The van der Waals surface area contributed by atoms with Gasteiger partial charge in [-0.25, -0.2) is 16.9 Å². The molecule has 0 aliphatic rings. The lowest BCUT2D eigenvalue weighted by atomic mass is 10.0. The van der Waals surface area contributed by atoms with Crippen molar-refractivity contribution in [2.45, 2.75) is 18.7 Å². The Morgan fingerprint density at radius 3 is 2.27 bits per heavy atom.